The zero-order valence-electron chi connectivity index (χ0n) is 13.5. The Morgan fingerprint density at radius 1 is 1.27 bits per heavy atom. The molecule has 1 aliphatic rings. The Bertz CT molecular complexity index is 1090. The van der Waals surface area contributed by atoms with Crippen LogP contribution in [0.25, 0.3) is 15.9 Å². The number of aromatic nitrogens is 5. The zero-order chi connectivity index (χ0) is 17.5. The van der Waals surface area contributed by atoms with Crippen LogP contribution >= 0.6 is 23.1 Å². The van der Waals surface area contributed by atoms with E-state index in [2.05, 4.69) is 20.3 Å². The average Bonchev–Trinajstić information content (AvgIpc) is 3.35. The van der Waals surface area contributed by atoms with Crippen molar-refractivity contribution in [3.05, 3.63) is 30.3 Å². The van der Waals surface area contributed by atoms with E-state index in [1.807, 2.05) is 30.3 Å². The van der Waals surface area contributed by atoms with E-state index in [-0.39, 0.29) is 6.10 Å². The van der Waals surface area contributed by atoms with Crippen molar-refractivity contribution in [1.29, 1.82) is 0 Å². The van der Waals surface area contributed by atoms with Crippen molar-refractivity contribution >= 4 is 44.1 Å². The number of thiazole rings is 1. The maximum atomic E-state index is 5.88. The van der Waals surface area contributed by atoms with E-state index in [1.54, 1.807) is 4.52 Å². The summed E-state index contributed by atoms with van der Waals surface area (Å²) in [5.41, 5.74) is 7.35. The number of ether oxygens (including phenoxy) is 2. The number of nitrogens with zero attached hydrogens (tertiary/aromatic N) is 5. The molecule has 0 bridgehead atoms. The third-order valence-electron chi connectivity index (χ3n) is 3.97. The summed E-state index contributed by atoms with van der Waals surface area (Å²) in [6, 6.07) is 9.65. The summed E-state index contributed by atoms with van der Waals surface area (Å²) in [6.07, 6.45) is 0.924. The lowest BCUT2D eigenvalue weighted by molar-refractivity contribution is 0.137. The zero-order valence-corrected chi connectivity index (χ0v) is 15.2. The molecule has 1 aliphatic heterocycles. The van der Waals surface area contributed by atoms with Crippen molar-refractivity contribution in [3.8, 4) is 5.88 Å². The number of hydrogen-bond acceptors (Lipinski definition) is 9. The van der Waals surface area contributed by atoms with E-state index < -0.39 is 0 Å². The maximum Gasteiger partial charge on any atom is 0.232 e. The predicted octanol–water partition coefficient (Wildman–Crippen LogP) is 2.64. The first-order chi connectivity index (χ1) is 12.7. The van der Waals surface area contributed by atoms with Gasteiger partial charge in [0.15, 0.2) is 10.8 Å². The molecule has 1 fully saturated rings. The molecule has 0 spiro atoms. The van der Waals surface area contributed by atoms with E-state index in [9.17, 15) is 0 Å². The second-order valence-corrected chi connectivity index (χ2v) is 7.91. The summed E-state index contributed by atoms with van der Waals surface area (Å²) >= 11 is 2.95. The largest absolute Gasteiger partial charge is 0.471 e. The average molecular weight is 386 g/mol. The second kappa shape index (κ2) is 6.38. The highest BCUT2D eigenvalue weighted by molar-refractivity contribution is 7.99. The van der Waals surface area contributed by atoms with Gasteiger partial charge in [-0.25, -0.2) is 4.98 Å². The number of fused-ring (bicyclic) bond motifs is 2. The topological polar surface area (TPSA) is 100 Å². The van der Waals surface area contributed by atoms with Gasteiger partial charge in [0.25, 0.3) is 0 Å². The van der Waals surface area contributed by atoms with Crippen molar-refractivity contribution < 1.29 is 9.47 Å². The Morgan fingerprint density at radius 3 is 3.12 bits per heavy atom. The van der Waals surface area contributed by atoms with Crippen molar-refractivity contribution in [2.75, 3.05) is 18.9 Å². The number of benzene rings is 1. The molecule has 1 atom stereocenters. The van der Waals surface area contributed by atoms with Gasteiger partial charge in [-0.15, -0.1) is 15.3 Å². The second-order valence-electron chi connectivity index (χ2n) is 5.81. The molecule has 0 saturated carbocycles. The van der Waals surface area contributed by atoms with Crippen LogP contribution in [0.3, 0.4) is 0 Å². The quantitative estimate of drug-likeness (QED) is 0.571. The van der Waals surface area contributed by atoms with Gasteiger partial charge in [0, 0.05) is 17.4 Å². The summed E-state index contributed by atoms with van der Waals surface area (Å²) in [7, 11) is 0. The third-order valence-corrected chi connectivity index (χ3v) is 5.74. The molecule has 132 valence electrons. The summed E-state index contributed by atoms with van der Waals surface area (Å²) in [5, 5.41) is 14.2. The Kier molecular flexibility index (Phi) is 3.88. The molecule has 1 saturated heterocycles. The molecular formula is C16H14N6O2S2. The Morgan fingerprint density at radius 2 is 2.23 bits per heavy atom. The van der Waals surface area contributed by atoms with Crippen LogP contribution in [-0.4, -0.2) is 44.1 Å². The molecule has 5 rings (SSSR count). The molecule has 3 aromatic heterocycles. The van der Waals surface area contributed by atoms with Gasteiger partial charge in [-0.05, 0) is 36.0 Å². The highest BCUT2D eigenvalue weighted by Crippen LogP contribution is 2.32. The number of nitrogen functional groups attached to an aromatic ring is 1. The van der Waals surface area contributed by atoms with Crippen LogP contribution in [0.15, 0.2) is 40.4 Å². The van der Waals surface area contributed by atoms with Gasteiger partial charge in [0.2, 0.25) is 11.0 Å². The number of rotatable bonds is 4. The van der Waals surface area contributed by atoms with E-state index in [4.69, 9.17) is 15.2 Å². The number of anilines is 1. The summed E-state index contributed by atoms with van der Waals surface area (Å²) in [6.45, 7) is 1.33. The fourth-order valence-corrected chi connectivity index (χ4v) is 4.42. The van der Waals surface area contributed by atoms with E-state index in [0.717, 1.165) is 28.1 Å². The van der Waals surface area contributed by atoms with Crippen LogP contribution in [0.1, 0.15) is 6.42 Å². The van der Waals surface area contributed by atoms with Crippen LogP contribution in [0.4, 0.5) is 5.13 Å². The highest BCUT2D eigenvalue weighted by Gasteiger charge is 2.18. The van der Waals surface area contributed by atoms with Crippen LogP contribution in [0.5, 0.6) is 5.88 Å². The molecule has 26 heavy (non-hydrogen) atoms. The molecule has 10 heteroatoms. The molecule has 0 amide bonds. The lowest BCUT2D eigenvalue weighted by atomic mass is 10.3. The molecule has 1 unspecified atom stereocenters. The Balaban J connectivity index is 1.45. The van der Waals surface area contributed by atoms with Gasteiger partial charge < -0.3 is 15.2 Å². The Labute approximate surface area is 156 Å². The molecule has 0 radical (unpaired) electrons. The summed E-state index contributed by atoms with van der Waals surface area (Å²) in [5.74, 6) is 0.542. The first-order valence-electron chi connectivity index (χ1n) is 8.05. The smallest absolute Gasteiger partial charge is 0.232 e. The van der Waals surface area contributed by atoms with Crippen LogP contribution in [0, 0.1) is 0 Å². The third kappa shape index (κ3) is 2.96. The van der Waals surface area contributed by atoms with E-state index in [0.29, 0.717) is 28.4 Å². The van der Waals surface area contributed by atoms with Gasteiger partial charge in [0.1, 0.15) is 6.10 Å². The van der Waals surface area contributed by atoms with Crippen LogP contribution in [-0.2, 0) is 4.74 Å². The van der Waals surface area contributed by atoms with Gasteiger partial charge in [-0.1, -0.05) is 11.3 Å². The predicted molar refractivity (Wildman–Crippen MR) is 98.8 cm³/mol. The fraction of sp³-hybridized carbons (Fsp3) is 0.250. The first kappa shape index (κ1) is 15.8. The lowest BCUT2D eigenvalue weighted by Gasteiger charge is -2.10. The van der Waals surface area contributed by atoms with Crippen molar-refractivity contribution in [1.82, 2.24) is 24.8 Å². The highest BCUT2D eigenvalue weighted by atomic mass is 32.2. The van der Waals surface area contributed by atoms with Crippen molar-refractivity contribution in [2.24, 2.45) is 0 Å². The molecular weight excluding hydrogens is 372 g/mol. The molecule has 4 heterocycles. The SMILES string of the molecule is Nc1nc2ccc(Sc3nnc4ccc(OC5CCOC5)nn34)cc2s1. The van der Waals surface area contributed by atoms with Gasteiger partial charge in [-0.2, -0.15) is 4.52 Å². The number of nitrogens with two attached hydrogens (primary N) is 1. The molecule has 0 aliphatic carbocycles. The van der Waals surface area contributed by atoms with Crippen molar-refractivity contribution in [2.45, 2.75) is 22.6 Å². The first-order valence-corrected chi connectivity index (χ1v) is 9.69. The van der Waals surface area contributed by atoms with Crippen LogP contribution < -0.4 is 10.5 Å². The Hall–Kier alpha value is -2.43. The fourth-order valence-electron chi connectivity index (χ4n) is 2.75. The van der Waals surface area contributed by atoms with E-state index >= 15 is 0 Å². The minimum atomic E-state index is 0.0479. The normalized spacial score (nSPS) is 17.3. The molecule has 2 N–H and O–H groups in total. The maximum absolute atomic E-state index is 5.88. The monoisotopic (exact) mass is 386 g/mol. The standard InChI is InChI=1S/C16H14N6O2S2/c17-15-18-11-2-1-10(7-12(11)26-15)25-16-20-19-13-3-4-14(21-22(13)16)24-9-5-6-23-8-9/h1-4,7,9H,5-6,8H2,(H2,17,18). The van der Waals surface area contributed by atoms with Crippen LogP contribution in [0.2, 0.25) is 0 Å². The van der Waals surface area contributed by atoms with Crippen molar-refractivity contribution in [3.63, 3.8) is 0 Å². The molecule has 8 nitrogen and oxygen atoms in total. The molecule has 4 aromatic rings. The lowest BCUT2D eigenvalue weighted by Crippen LogP contribution is -2.17. The minimum Gasteiger partial charge on any atom is -0.471 e. The summed E-state index contributed by atoms with van der Waals surface area (Å²) in [4.78, 5) is 5.30. The van der Waals surface area contributed by atoms with Gasteiger partial charge in [0.05, 0.1) is 23.4 Å². The van der Waals surface area contributed by atoms with E-state index in [1.165, 1.54) is 23.1 Å². The summed E-state index contributed by atoms with van der Waals surface area (Å²) < 4.78 is 14.0. The van der Waals surface area contributed by atoms with Gasteiger partial charge in [-0.3, -0.25) is 0 Å². The van der Waals surface area contributed by atoms with Gasteiger partial charge >= 0.3 is 0 Å². The minimum absolute atomic E-state index is 0.0479. The number of hydrogen-bond donors (Lipinski definition) is 1. The molecule has 1 aromatic carbocycles.